The van der Waals surface area contributed by atoms with Crippen molar-refractivity contribution >= 4 is 27.5 Å². The Labute approximate surface area is 164 Å². The van der Waals surface area contributed by atoms with E-state index in [0.29, 0.717) is 29.2 Å². The van der Waals surface area contributed by atoms with E-state index in [4.69, 9.17) is 9.47 Å². The Morgan fingerprint density at radius 2 is 1.57 bits per heavy atom. The molecule has 1 N–H and O–H groups in total. The summed E-state index contributed by atoms with van der Waals surface area (Å²) in [5.41, 5.74) is 0.979. The fourth-order valence-electron chi connectivity index (χ4n) is 2.26. The number of nitrogens with one attached hydrogen (secondary N) is 1. The standard InChI is InChI=1S/C20H23NO6S/c1-3-4-13-26-18-11-7-16(8-12-18)20(23)27-14-19(22)15-5-9-17(10-6-15)21-28(2,24)25/h5-12,21H,3-4,13-14H2,1-2H3. The van der Waals surface area contributed by atoms with Crippen LogP contribution in [-0.4, -0.2) is 39.6 Å². The lowest BCUT2D eigenvalue weighted by atomic mass is 10.1. The Morgan fingerprint density at radius 1 is 0.964 bits per heavy atom. The molecule has 7 nitrogen and oxygen atoms in total. The number of carbonyl (C=O) groups excluding carboxylic acids is 2. The molecule has 2 aromatic carbocycles. The molecule has 0 saturated carbocycles. The predicted octanol–water partition coefficient (Wildman–Crippen LogP) is 3.28. The average Bonchev–Trinajstić information content (AvgIpc) is 2.66. The first-order valence-corrected chi connectivity index (χ1v) is 10.7. The van der Waals surface area contributed by atoms with E-state index in [0.717, 1.165) is 19.1 Å². The zero-order valence-electron chi connectivity index (χ0n) is 15.8. The summed E-state index contributed by atoms with van der Waals surface area (Å²) < 4.78 is 35.2. The van der Waals surface area contributed by atoms with Gasteiger partial charge in [0.25, 0.3) is 0 Å². The first-order chi connectivity index (χ1) is 13.3. The molecular weight excluding hydrogens is 382 g/mol. The summed E-state index contributed by atoms with van der Waals surface area (Å²) in [5, 5.41) is 0. The summed E-state index contributed by atoms with van der Waals surface area (Å²) in [6.07, 6.45) is 3.03. The second-order valence-electron chi connectivity index (χ2n) is 6.18. The number of benzene rings is 2. The topological polar surface area (TPSA) is 98.8 Å². The summed E-state index contributed by atoms with van der Waals surface area (Å²) in [5.74, 6) is -0.327. The fraction of sp³-hybridized carbons (Fsp3) is 0.300. The number of Topliss-reactive ketones (excluding diaryl/α,β-unsaturated/α-hetero) is 1. The SMILES string of the molecule is CCCCOc1ccc(C(=O)OCC(=O)c2ccc(NS(C)(=O)=O)cc2)cc1. The molecule has 8 heteroatoms. The maximum absolute atomic E-state index is 12.1. The van der Waals surface area contributed by atoms with Crippen LogP contribution in [0.1, 0.15) is 40.5 Å². The molecule has 0 unspecified atom stereocenters. The lowest BCUT2D eigenvalue weighted by Gasteiger charge is -2.08. The number of ketones is 1. The number of esters is 1. The minimum absolute atomic E-state index is 0.312. The van der Waals surface area contributed by atoms with Crippen LogP contribution in [0.15, 0.2) is 48.5 Å². The third kappa shape index (κ3) is 7.03. The summed E-state index contributed by atoms with van der Waals surface area (Å²) in [6.45, 7) is 2.28. The van der Waals surface area contributed by atoms with Gasteiger partial charge in [0, 0.05) is 11.3 Å². The first kappa shape index (κ1) is 21.4. The average molecular weight is 405 g/mol. The second kappa shape index (κ2) is 9.89. The van der Waals surface area contributed by atoms with Crippen molar-refractivity contribution in [2.24, 2.45) is 0 Å². The zero-order chi connectivity index (χ0) is 20.6. The molecule has 28 heavy (non-hydrogen) atoms. The molecule has 0 saturated heterocycles. The van der Waals surface area contributed by atoms with Crippen LogP contribution in [-0.2, 0) is 14.8 Å². The van der Waals surface area contributed by atoms with E-state index in [1.807, 2.05) is 0 Å². The fourth-order valence-corrected chi connectivity index (χ4v) is 2.82. The molecule has 0 bridgehead atoms. The number of hydrogen-bond donors (Lipinski definition) is 1. The van der Waals surface area contributed by atoms with Crippen LogP contribution in [0, 0.1) is 0 Å². The molecule has 0 radical (unpaired) electrons. The quantitative estimate of drug-likeness (QED) is 0.370. The molecule has 0 aromatic heterocycles. The summed E-state index contributed by atoms with van der Waals surface area (Å²) in [4.78, 5) is 24.2. The third-order valence-electron chi connectivity index (χ3n) is 3.70. The van der Waals surface area contributed by atoms with Crippen LogP contribution < -0.4 is 9.46 Å². The molecular formula is C20H23NO6S. The van der Waals surface area contributed by atoms with Gasteiger partial charge in [-0.05, 0) is 55.0 Å². The number of sulfonamides is 1. The normalized spacial score (nSPS) is 10.9. The molecule has 0 aliphatic heterocycles. The van der Waals surface area contributed by atoms with Gasteiger partial charge in [-0.15, -0.1) is 0 Å². The molecule has 0 spiro atoms. The van der Waals surface area contributed by atoms with Crippen molar-refractivity contribution in [3.05, 3.63) is 59.7 Å². The number of rotatable bonds is 10. The molecule has 0 amide bonds. The maximum atomic E-state index is 12.1. The van der Waals surface area contributed by atoms with Crippen molar-refractivity contribution in [2.45, 2.75) is 19.8 Å². The maximum Gasteiger partial charge on any atom is 0.338 e. The number of carbonyl (C=O) groups is 2. The van der Waals surface area contributed by atoms with Crippen molar-refractivity contribution in [3.8, 4) is 5.75 Å². The lowest BCUT2D eigenvalue weighted by Crippen LogP contribution is -2.14. The summed E-state index contributed by atoms with van der Waals surface area (Å²) >= 11 is 0. The van der Waals surface area contributed by atoms with E-state index in [-0.39, 0.29) is 0 Å². The van der Waals surface area contributed by atoms with E-state index >= 15 is 0 Å². The lowest BCUT2D eigenvalue weighted by molar-refractivity contribution is 0.0474. The molecule has 0 heterocycles. The van der Waals surface area contributed by atoms with Crippen molar-refractivity contribution in [1.82, 2.24) is 0 Å². The predicted molar refractivity (Wildman–Crippen MR) is 106 cm³/mol. The van der Waals surface area contributed by atoms with E-state index in [9.17, 15) is 18.0 Å². The van der Waals surface area contributed by atoms with Crippen LogP contribution in [0.4, 0.5) is 5.69 Å². The highest BCUT2D eigenvalue weighted by molar-refractivity contribution is 7.92. The van der Waals surface area contributed by atoms with E-state index in [2.05, 4.69) is 11.6 Å². The van der Waals surface area contributed by atoms with Gasteiger partial charge in [0.15, 0.2) is 12.4 Å². The largest absolute Gasteiger partial charge is 0.494 e. The minimum Gasteiger partial charge on any atom is -0.494 e. The van der Waals surface area contributed by atoms with E-state index in [1.165, 1.54) is 24.3 Å². The number of anilines is 1. The molecule has 0 atom stereocenters. The van der Waals surface area contributed by atoms with E-state index in [1.54, 1.807) is 24.3 Å². The molecule has 0 aliphatic rings. The van der Waals surface area contributed by atoms with E-state index < -0.39 is 28.4 Å². The van der Waals surface area contributed by atoms with Gasteiger partial charge in [-0.3, -0.25) is 9.52 Å². The third-order valence-corrected chi connectivity index (χ3v) is 4.31. The summed E-state index contributed by atoms with van der Waals surface area (Å²) in [7, 11) is -3.39. The summed E-state index contributed by atoms with van der Waals surface area (Å²) in [6, 6.07) is 12.4. The monoisotopic (exact) mass is 405 g/mol. The molecule has 2 rings (SSSR count). The molecule has 0 fully saturated rings. The Morgan fingerprint density at radius 3 is 2.14 bits per heavy atom. The smallest absolute Gasteiger partial charge is 0.338 e. The van der Waals surface area contributed by atoms with Gasteiger partial charge in [-0.2, -0.15) is 0 Å². The Bertz CT molecular complexity index is 905. The van der Waals surface area contributed by atoms with Crippen molar-refractivity contribution in [3.63, 3.8) is 0 Å². The van der Waals surface area contributed by atoms with Crippen LogP contribution in [0.2, 0.25) is 0 Å². The highest BCUT2D eigenvalue weighted by Gasteiger charge is 2.12. The van der Waals surface area contributed by atoms with Crippen LogP contribution in [0.25, 0.3) is 0 Å². The van der Waals surface area contributed by atoms with Crippen molar-refractivity contribution in [2.75, 3.05) is 24.2 Å². The van der Waals surface area contributed by atoms with Gasteiger partial charge in [-0.1, -0.05) is 13.3 Å². The van der Waals surface area contributed by atoms with Gasteiger partial charge >= 0.3 is 5.97 Å². The van der Waals surface area contributed by atoms with Gasteiger partial charge in [0.1, 0.15) is 5.75 Å². The highest BCUT2D eigenvalue weighted by atomic mass is 32.2. The Balaban J connectivity index is 1.87. The molecule has 2 aromatic rings. The number of unbranched alkanes of at least 4 members (excludes halogenated alkanes) is 1. The zero-order valence-corrected chi connectivity index (χ0v) is 16.6. The first-order valence-electron chi connectivity index (χ1n) is 8.79. The van der Waals surface area contributed by atoms with Crippen LogP contribution in [0.3, 0.4) is 0 Å². The number of ether oxygens (including phenoxy) is 2. The number of hydrogen-bond acceptors (Lipinski definition) is 6. The van der Waals surface area contributed by atoms with Gasteiger partial charge in [-0.25, -0.2) is 13.2 Å². The molecule has 150 valence electrons. The Hall–Kier alpha value is -2.87. The van der Waals surface area contributed by atoms with Gasteiger partial charge in [0.2, 0.25) is 10.0 Å². The van der Waals surface area contributed by atoms with Crippen molar-refractivity contribution in [1.29, 1.82) is 0 Å². The molecule has 0 aliphatic carbocycles. The van der Waals surface area contributed by atoms with Gasteiger partial charge < -0.3 is 9.47 Å². The van der Waals surface area contributed by atoms with Crippen LogP contribution >= 0.6 is 0 Å². The minimum atomic E-state index is -3.39. The Kier molecular flexibility index (Phi) is 7.57. The van der Waals surface area contributed by atoms with Crippen LogP contribution in [0.5, 0.6) is 5.75 Å². The second-order valence-corrected chi connectivity index (χ2v) is 7.93. The van der Waals surface area contributed by atoms with Gasteiger partial charge in [0.05, 0.1) is 18.4 Å². The van der Waals surface area contributed by atoms with Crippen molar-refractivity contribution < 1.29 is 27.5 Å². The highest BCUT2D eigenvalue weighted by Crippen LogP contribution is 2.14.